The highest BCUT2D eigenvalue weighted by molar-refractivity contribution is 7.10. The molecule has 0 aliphatic rings. The Bertz CT molecular complexity index is 522. The molecule has 5 heteroatoms. The minimum atomic E-state index is -0.0524. The summed E-state index contributed by atoms with van der Waals surface area (Å²) in [6.07, 6.45) is 1.51. The Morgan fingerprint density at radius 3 is 2.78 bits per heavy atom. The number of pyridine rings is 1. The first-order valence-electron chi connectivity index (χ1n) is 5.61. The molecule has 2 aromatic rings. The number of carbonyl (C=O) groups is 1. The maximum absolute atomic E-state index is 12.2. The molecule has 0 aromatic carbocycles. The van der Waals surface area contributed by atoms with Crippen molar-refractivity contribution in [1.29, 1.82) is 0 Å². The minimum absolute atomic E-state index is 0.0510. The second kappa shape index (κ2) is 5.18. The van der Waals surface area contributed by atoms with Gasteiger partial charge < -0.3 is 10.6 Å². The average Bonchev–Trinajstić information content (AvgIpc) is 2.91. The molecule has 2 aromatic heterocycles. The van der Waals surface area contributed by atoms with E-state index in [0.29, 0.717) is 11.4 Å². The van der Waals surface area contributed by atoms with Gasteiger partial charge in [0.25, 0.3) is 5.91 Å². The highest BCUT2D eigenvalue weighted by Gasteiger charge is 2.19. The molecule has 0 radical (unpaired) electrons. The van der Waals surface area contributed by atoms with Crippen molar-refractivity contribution in [2.24, 2.45) is 0 Å². The summed E-state index contributed by atoms with van der Waals surface area (Å²) < 4.78 is 0. The molecular weight excluding hydrogens is 246 g/mol. The number of hydrogen-bond acceptors (Lipinski definition) is 4. The lowest BCUT2D eigenvalue weighted by atomic mass is 10.2. The minimum Gasteiger partial charge on any atom is -0.384 e. The highest BCUT2D eigenvalue weighted by atomic mass is 32.1. The van der Waals surface area contributed by atoms with Gasteiger partial charge in [-0.2, -0.15) is 0 Å². The fraction of sp³-hybridized carbons (Fsp3) is 0.231. The Kier molecular flexibility index (Phi) is 3.62. The van der Waals surface area contributed by atoms with Gasteiger partial charge in [-0.25, -0.2) is 4.98 Å². The van der Waals surface area contributed by atoms with Crippen LogP contribution in [0.1, 0.15) is 28.2 Å². The number of thiophene rings is 1. The van der Waals surface area contributed by atoms with Crippen LogP contribution in [0.15, 0.2) is 35.8 Å². The van der Waals surface area contributed by atoms with Crippen molar-refractivity contribution in [2.75, 3.05) is 12.8 Å². The Balaban J connectivity index is 2.16. The van der Waals surface area contributed by atoms with Crippen molar-refractivity contribution in [1.82, 2.24) is 9.88 Å². The van der Waals surface area contributed by atoms with Gasteiger partial charge in [-0.3, -0.25) is 4.79 Å². The normalized spacial score (nSPS) is 12.1. The van der Waals surface area contributed by atoms with E-state index in [1.807, 2.05) is 24.4 Å². The van der Waals surface area contributed by atoms with Gasteiger partial charge in [0, 0.05) is 18.1 Å². The van der Waals surface area contributed by atoms with Crippen LogP contribution in [0.25, 0.3) is 0 Å². The predicted molar refractivity (Wildman–Crippen MR) is 73.5 cm³/mol. The van der Waals surface area contributed by atoms with E-state index in [2.05, 4.69) is 4.98 Å². The lowest BCUT2D eigenvalue weighted by molar-refractivity contribution is 0.0744. The number of nitrogens with zero attached hydrogens (tertiary/aromatic N) is 2. The Labute approximate surface area is 110 Å². The van der Waals surface area contributed by atoms with Crippen LogP contribution in [0.4, 0.5) is 5.82 Å². The number of nitrogen functional groups attached to an aromatic ring is 1. The molecule has 2 N–H and O–H groups in total. The summed E-state index contributed by atoms with van der Waals surface area (Å²) in [5, 5.41) is 2.01. The molecule has 0 aliphatic heterocycles. The molecule has 0 saturated carbocycles. The smallest absolute Gasteiger partial charge is 0.255 e. The third-order valence-corrected chi connectivity index (χ3v) is 3.93. The van der Waals surface area contributed by atoms with Crippen LogP contribution in [-0.2, 0) is 0 Å². The fourth-order valence-electron chi connectivity index (χ4n) is 1.63. The monoisotopic (exact) mass is 261 g/mol. The van der Waals surface area contributed by atoms with Gasteiger partial charge in [0.2, 0.25) is 0 Å². The lowest BCUT2D eigenvalue weighted by Gasteiger charge is -2.24. The zero-order valence-electron chi connectivity index (χ0n) is 10.3. The van der Waals surface area contributed by atoms with E-state index in [1.165, 1.54) is 6.20 Å². The van der Waals surface area contributed by atoms with Gasteiger partial charge in [-0.1, -0.05) is 6.07 Å². The van der Waals surface area contributed by atoms with E-state index in [0.717, 1.165) is 4.88 Å². The summed E-state index contributed by atoms with van der Waals surface area (Å²) >= 11 is 1.64. The molecule has 0 bridgehead atoms. The second-order valence-corrected chi connectivity index (χ2v) is 5.06. The topological polar surface area (TPSA) is 59.2 Å². The first-order chi connectivity index (χ1) is 8.59. The van der Waals surface area contributed by atoms with E-state index in [-0.39, 0.29) is 11.9 Å². The third kappa shape index (κ3) is 2.51. The van der Waals surface area contributed by atoms with Crippen molar-refractivity contribution < 1.29 is 4.79 Å². The van der Waals surface area contributed by atoms with Crippen LogP contribution >= 0.6 is 11.3 Å². The number of anilines is 1. The molecule has 18 heavy (non-hydrogen) atoms. The average molecular weight is 261 g/mol. The van der Waals surface area contributed by atoms with Crippen LogP contribution in [0.2, 0.25) is 0 Å². The Morgan fingerprint density at radius 2 is 2.22 bits per heavy atom. The molecule has 1 unspecified atom stereocenters. The van der Waals surface area contributed by atoms with Crippen LogP contribution in [0.5, 0.6) is 0 Å². The molecule has 2 rings (SSSR count). The SMILES string of the molecule is CC(c1cccs1)N(C)C(=O)c1ccc(N)nc1. The van der Waals surface area contributed by atoms with E-state index < -0.39 is 0 Å². The number of aromatic nitrogens is 1. The number of nitrogens with two attached hydrogens (primary N) is 1. The molecule has 0 aliphatic carbocycles. The summed E-state index contributed by atoms with van der Waals surface area (Å²) in [6.45, 7) is 2.01. The number of amides is 1. The first kappa shape index (κ1) is 12.6. The second-order valence-electron chi connectivity index (χ2n) is 4.08. The lowest BCUT2D eigenvalue weighted by Crippen LogP contribution is -2.29. The zero-order chi connectivity index (χ0) is 13.1. The van der Waals surface area contributed by atoms with Gasteiger partial charge in [-0.05, 0) is 30.5 Å². The van der Waals surface area contributed by atoms with Gasteiger partial charge in [0.05, 0.1) is 11.6 Å². The van der Waals surface area contributed by atoms with Gasteiger partial charge >= 0.3 is 0 Å². The largest absolute Gasteiger partial charge is 0.384 e. The number of hydrogen-bond donors (Lipinski definition) is 1. The maximum Gasteiger partial charge on any atom is 0.255 e. The van der Waals surface area contributed by atoms with Crippen molar-refractivity contribution in [2.45, 2.75) is 13.0 Å². The van der Waals surface area contributed by atoms with Crippen molar-refractivity contribution in [3.63, 3.8) is 0 Å². The quantitative estimate of drug-likeness (QED) is 0.923. The Morgan fingerprint density at radius 1 is 1.44 bits per heavy atom. The molecular formula is C13H15N3OS. The highest BCUT2D eigenvalue weighted by Crippen LogP contribution is 2.24. The fourth-order valence-corrected chi connectivity index (χ4v) is 2.46. The maximum atomic E-state index is 12.2. The summed E-state index contributed by atoms with van der Waals surface area (Å²) in [7, 11) is 1.79. The van der Waals surface area contributed by atoms with Crippen molar-refractivity contribution in [3.8, 4) is 0 Å². The van der Waals surface area contributed by atoms with E-state index in [4.69, 9.17) is 5.73 Å². The van der Waals surface area contributed by atoms with Gasteiger partial charge in [0.15, 0.2) is 0 Å². The molecule has 2 heterocycles. The van der Waals surface area contributed by atoms with Crippen molar-refractivity contribution in [3.05, 3.63) is 46.3 Å². The summed E-state index contributed by atoms with van der Waals surface area (Å²) in [5.74, 6) is 0.365. The molecule has 94 valence electrons. The summed E-state index contributed by atoms with van der Waals surface area (Å²) in [5.41, 5.74) is 6.06. The van der Waals surface area contributed by atoms with E-state index >= 15 is 0 Å². The molecule has 0 fully saturated rings. The van der Waals surface area contributed by atoms with Gasteiger partial charge in [-0.15, -0.1) is 11.3 Å². The van der Waals surface area contributed by atoms with E-state index in [9.17, 15) is 4.79 Å². The number of carbonyl (C=O) groups excluding carboxylic acids is 1. The summed E-state index contributed by atoms with van der Waals surface area (Å²) in [4.78, 5) is 19.0. The Hall–Kier alpha value is -1.88. The first-order valence-corrected chi connectivity index (χ1v) is 6.49. The van der Waals surface area contributed by atoms with Crippen LogP contribution in [0.3, 0.4) is 0 Å². The number of rotatable bonds is 3. The third-order valence-electron chi connectivity index (χ3n) is 2.89. The van der Waals surface area contributed by atoms with Crippen LogP contribution in [0, 0.1) is 0 Å². The van der Waals surface area contributed by atoms with Crippen LogP contribution < -0.4 is 5.73 Å². The summed E-state index contributed by atoms with van der Waals surface area (Å²) in [6, 6.07) is 7.40. The zero-order valence-corrected chi connectivity index (χ0v) is 11.1. The van der Waals surface area contributed by atoms with Crippen molar-refractivity contribution >= 4 is 23.1 Å². The van der Waals surface area contributed by atoms with E-state index in [1.54, 1.807) is 35.4 Å². The predicted octanol–water partition coefficient (Wildman–Crippen LogP) is 2.56. The standard InChI is InChI=1S/C13H15N3OS/c1-9(11-4-3-7-18-11)16(2)13(17)10-5-6-12(14)15-8-10/h3-9H,1-2H3,(H2,14,15). The molecule has 1 amide bonds. The molecule has 4 nitrogen and oxygen atoms in total. The van der Waals surface area contributed by atoms with Crippen LogP contribution in [-0.4, -0.2) is 22.8 Å². The molecule has 0 spiro atoms. The molecule has 1 atom stereocenters. The molecule has 0 saturated heterocycles. The van der Waals surface area contributed by atoms with Gasteiger partial charge in [0.1, 0.15) is 5.82 Å².